The zero-order valence-electron chi connectivity index (χ0n) is 24.1. The fourth-order valence-electron chi connectivity index (χ4n) is 3.79. The van der Waals surface area contributed by atoms with Crippen molar-refractivity contribution < 1.29 is 38.1 Å². The van der Waals surface area contributed by atoms with Gasteiger partial charge in [-0.3, -0.25) is 19.2 Å². The predicted molar refractivity (Wildman–Crippen MR) is 144 cm³/mol. The molecule has 0 aliphatic heterocycles. The Hall–Kier alpha value is -2.94. The molecule has 5 atom stereocenters. The first kappa shape index (κ1) is 33.1. The standard InChI is InChI=1S/C29H45NO8/c1-9-12-20(6)27(33)36-21(7)16-29(30,28(34)35-8)17-22-13-14-23(37-25(31)18(4)10-2)24(15-22)38-26(32)19(5)11-3/h13-15,18-21H,9-12,16-17,30H2,1-8H3/t18?,19?,20?,21-,29?/m0/s1. The SMILES string of the molecule is CCCC(C)C(=O)O[C@@H](C)CC(N)(Cc1ccc(OC(=O)C(C)CC)c(OC(=O)C(C)CC)c1)C(=O)OC. The van der Waals surface area contributed by atoms with Gasteiger partial charge in [-0.2, -0.15) is 0 Å². The molecule has 0 spiro atoms. The minimum absolute atomic E-state index is 0.000448. The van der Waals surface area contributed by atoms with Gasteiger partial charge in [-0.05, 0) is 43.9 Å². The monoisotopic (exact) mass is 535 g/mol. The number of carbonyl (C=O) groups excluding carboxylic acids is 4. The van der Waals surface area contributed by atoms with Gasteiger partial charge >= 0.3 is 23.9 Å². The molecule has 9 nitrogen and oxygen atoms in total. The number of ether oxygens (including phenoxy) is 4. The molecular weight excluding hydrogens is 490 g/mol. The summed E-state index contributed by atoms with van der Waals surface area (Å²) in [5.41, 5.74) is 5.55. The highest BCUT2D eigenvalue weighted by molar-refractivity contribution is 5.81. The van der Waals surface area contributed by atoms with Gasteiger partial charge in [0.15, 0.2) is 11.5 Å². The smallest absolute Gasteiger partial charge is 0.326 e. The molecule has 0 saturated carbocycles. The summed E-state index contributed by atoms with van der Waals surface area (Å²) < 4.78 is 21.6. The number of esters is 4. The molecule has 0 bridgehead atoms. The van der Waals surface area contributed by atoms with E-state index in [0.29, 0.717) is 24.8 Å². The summed E-state index contributed by atoms with van der Waals surface area (Å²) in [7, 11) is 1.24. The highest BCUT2D eigenvalue weighted by Crippen LogP contribution is 2.32. The van der Waals surface area contributed by atoms with Gasteiger partial charge in [0.25, 0.3) is 0 Å². The Morgan fingerprint density at radius 1 is 0.842 bits per heavy atom. The molecule has 0 aliphatic carbocycles. The Kier molecular flexibility index (Phi) is 13.5. The highest BCUT2D eigenvalue weighted by Gasteiger charge is 2.38. The minimum Gasteiger partial charge on any atom is -0.468 e. The van der Waals surface area contributed by atoms with Gasteiger partial charge < -0.3 is 24.7 Å². The second-order valence-electron chi connectivity index (χ2n) is 10.2. The molecule has 2 N–H and O–H groups in total. The molecule has 0 saturated heterocycles. The second-order valence-corrected chi connectivity index (χ2v) is 10.2. The molecule has 0 aliphatic rings. The van der Waals surface area contributed by atoms with E-state index in [-0.39, 0.29) is 48.1 Å². The third-order valence-electron chi connectivity index (χ3n) is 6.66. The van der Waals surface area contributed by atoms with E-state index in [2.05, 4.69) is 0 Å². The predicted octanol–water partition coefficient (Wildman–Crippen LogP) is 4.76. The van der Waals surface area contributed by atoms with Gasteiger partial charge in [-0.1, -0.05) is 54.0 Å². The largest absolute Gasteiger partial charge is 0.468 e. The first-order valence-electron chi connectivity index (χ1n) is 13.5. The third kappa shape index (κ3) is 9.74. The van der Waals surface area contributed by atoms with Crippen LogP contribution in [0.15, 0.2) is 18.2 Å². The molecule has 0 fully saturated rings. The van der Waals surface area contributed by atoms with Crippen molar-refractivity contribution in [1.82, 2.24) is 0 Å². The summed E-state index contributed by atoms with van der Waals surface area (Å²) in [6, 6.07) is 4.69. The average Bonchev–Trinajstić information content (AvgIpc) is 2.88. The topological polar surface area (TPSA) is 131 Å². The maximum Gasteiger partial charge on any atom is 0.326 e. The molecule has 1 rings (SSSR count). The first-order chi connectivity index (χ1) is 17.8. The lowest BCUT2D eigenvalue weighted by atomic mass is 9.86. The van der Waals surface area contributed by atoms with Crippen LogP contribution in [0.2, 0.25) is 0 Å². The molecule has 9 heteroatoms. The Morgan fingerprint density at radius 3 is 1.89 bits per heavy atom. The number of methoxy groups -OCH3 is 1. The van der Waals surface area contributed by atoms with Crippen LogP contribution >= 0.6 is 0 Å². The quantitative estimate of drug-likeness (QED) is 0.249. The Bertz CT molecular complexity index is 962. The third-order valence-corrected chi connectivity index (χ3v) is 6.66. The number of nitrogens with two attached hydrogens (primary N) is 1. The van der Waals surface area contributed by atoms with Crippen LogP contribution in [0, 0.1) is 17.8 Å². The van der Waals surface area contributed by atoms with Gasteiger partial charge in [0, 0.05) is 12.8 Å². The van der Waals surface area contributed by atoms with Gasteiger partial charge in [-0.15, -0.1) is 0 Å². The highest BCUT2D eigenvalue weighted by atomic mass is 16.6. The second kappa shape index (κ2) is 15.5. The zero-order valence-corrected chi connectivity index (χ0v) is 24.1. The van der Waals surface area contributed by atoms with Crippen LogP contribution < -0.4 is 15.2 Å². The van der Waals surface area contributed by atoms with Gasteiger partial charge in [0.05, 0.1) is 24.9 Å². The van der Waals surface area contributed by atoms with Gasteiger partial charge in [-0.25, -0.2) is 0 Å². The van der Waals surface area contributed by atoms with E-state index in [1.807, 2.05) is 20.8 Å². The van der Waals surface area contributed by atoms with Crippen LogP contribution in [0.1, 0.15) is 86.1 Å². The van der Waals surface area contributed by atoms with E-state index in [0.717, 1.165) is 6.42 Å². The van der Waals surface area contributed by atoms with Crippen molar-refractivity contribution in [3.63, 3.8) is 0 Å². The van der Waals surface area contributed by atoms with Crippen LogP contribution in [0.4, 0.5) is 0 Å². The van der Waals surface area contributed by atoms with E-state index in [4.69, 9.17) is 24.7 Å². The van der Waals surface area contributed by atoms with Crippen molar-refractivity contribution in [2.45, 2.75) is 98.6 Å². The summed E-state index contributed by atoms with van der Waals surface area (Å²) in [4.78, 5) is 50.1. The van der Waals surface area contributed by atoms with Crippen LogP contribution in [-0.2, 0) is 35.1 Å². The normalized spacial score (nSPS) is 15.8. The molecule has 0 radical (unpaired) electrons. The number of hydrogen-bond acceptors (Lipinski definition) is 9. The molecule has 0 amide bonds. The van der Waals surface area contributed by atoms with Crippen LogP contribution in [0.3, 0.4) is 0 Å². The van der Waals surface area contributed by atoms with Crippen molar-refractivity contribution in [1.29, 1.82) is 0 Å². The molecule has 38 heavy (non-hydrogen) atoms. The van der Waals surface area contributed by atoms with E-state index >= 15 is 0 Å². The zero-order chi connectivity index (χ0) is 29.0. The Balaban J connectivity index is 3.28. The number of benzene rings is 1. The molecule has 0 aromatic heterocycles. The minimum atomic E-state index is -1.53. The van der Waals surface area contributed by atoms with E-state index in [1.54, 1.807) is 33.8 Å². The summed E-state index contributed by atoms with van der Waals surface area (Å²) in [6.07, 6.45) is 2.07. The average molecular weight is 536 g/mol. The van der Waals surface area contributed by atoms with Crippen molar-refractivity contribution >= 4 is 23.9 Å². The molecule has 1 aromatic carbocycles. The number of rotatable bonds is 15. The molecule has 1 aromatic rings. The van der Waals surface area contributed by atoms with E-state index in [1.165, 1.54) is 19.2 Å². The lowest BCUT2D eigenvalue weighted by molar-refractivity contribution is -0.157. The Morgan fingerprint density at radius 2 is 1.39 bits per heavy atom. The van der Waals surface area contributed by atoms with Gasteiger partial charge in [0.2, 0.25) is 0 Å². The van der Waals surface area contributed by atoms with E-state index in [9.17, 15) is 19.2 Å². The van der Waals surface area contributed by atoms with Crippen LogP contribution in [-0.4, -0.2) is 42.6 Å². The van der Waals surface area contributed by atoms with Crippen molar-refractivity contribution in [2.75, 3.05) is 7.11 Å². The van der Waals surface area contributed by atoms with Crippen molar-refractivity contribution in [2.24, 2.45) is 23.5 Å². The molecule has 0 heterocycles. The molecule has 214 valence electrons. The molecular formula is C29H45NO8. The van der Waals surface area contributed by atoms with Gasteiger partial charge in [0.1, 0.15) is 11.6 Å². The maximum absolute atomic E-state index is 12.8. The van der Waals surface area contributed by atoms with Crippen LogP contribution in [0.5, 0.6) is 11.5 Å². The fraction of sp³-hybridized carbons (Fsp3) is 0.655. The summed E-state index contributed by atoms with van der Waals surface area (Å²) in [5.74, 6) is -2.75. The number of carbonyl (C=O) groups is 4. The first-order valence-corrected chi connectivity index (χ1v) is 13.5. The fourth-order valence-corrected chi connectivity index (χ4v) is 3.79. The van der Waals surface area contributed by atoms with Crippen LogP contribution in [0.25, 0.3) is 0 Å². The summed E-state index contributed by atoms with van der Waals surface area (Å²) in [6.45, 7) is 12.7. The number of hydrogen-bond donors (Lipinski definition) is 1. The maximum atomic E-state index is 12.8. The van der Waals surface area contributed by atoms with Crippen molar-refractivity contribution in [3.8, 4) is 11.5 Å². The summed E-state index contributed by atoms with van der Waals surface area (Å²) in [5, 5.41) is 0. The van der Waals surface area contributed by atoms with E-state index < -0.39 is 29.6 Å². The lowest BCUT2D eigenvalue weighted by Gasteiger charge is -2.30. The lowest BCUT2D eigenvalue weighted by Crippen LogP contribution is -2.53. The van der Waals surface area contributed by atoms with Crippen molar-refractivity contribution in [3.05, 3.63) is 23.8 Å². The molecule has 4 unspecified atom stereocenters. The Labute approximate surface area is 226 Å². The summed E-state index contributed by atoms with van der Waals surface area (Å²) >= 11 is 0.